The number of hydrogen-bond acceptors (Lipinski definition) is 3. The van der Waals surface area contributed by atoms with Crippen LogP contribution < -0.4 is 11.1 Å². The first-order chi connectivity index (χ1) is 9.16. The van der Waals surface area contributed by atoms with Gasteiger partial charge in [0.25, 0.3) is 5.91 Å². The first kappa shape index (κ1) is 14.1. The average Bonchev–Trinajstić information content (AvgIpc) is 2.83. The van der Waals surface area contributed by atoms with Gasteiger partial charge in [0.2, 0.25) is 0 Å². The molecule has 1 aromatic heterocycles. The second kappa shape index (κ2) is 6.73. The van der Waals surface area contributed by atoms with Crippen LogP contribution in [0.4, 0.5) is 0 Å². The number of carbonyl (C=O) groups is 1. The van der Waals surface area contributed by atoms with Crippen molar-refractivity contribution in [2.24, 2.45) is 12.8 Å². The third-order valence-electron chi connectivity index (χ3n) is 3.64. The van der Waals surface area contributed by atoms with E-state index < -0.39 is 0 Å². The van der Waals surface area contributed by atoms with Crippen LogP contribution in [0, 0.1) is 0 Å². The number of hydrogen-bond donors (Lipinski definition) is 2. The number of nitrogens with one attached hydrogen (secondary N) is 1. The van der Waals surface area contributed by atoms with Crippen molar-refractivity contribution in [3.8, 4) is 0 Å². The van der Waals surface area contributed by atoms with Crippen molar-refractivity contribution >= 4 is 5.91 Å². The number of amides is 1. The Bertz CT molecular complexity index is 409. The third-order valence-corrected chi connectivity index (χ3v) is 3.64. The molecular weight excluding hydrogens is 242 g/mol. The molecule has 5 heteroatoms. The zero-order chi connectivity index (χ0) is 13.7. The first-order valence-corrected chi connectivity index (χ1v) is 6.93. The lowest BCUT2D eigenvalue weighted by atomic mass is 9.94. The Labute approximate surface area is 114 Å². The molecule has 0 bridgehead atoms. The van der Waals surface area contributed by atoms with Crippen LogP contribution in [-0.4, -0.2) is 35.8 Å². The van der Waals surface area contributed by atoms with Gasteiger partial charge in [-0.3, -0.25) is 4.79 Å². The van der Waals surface area contributed by atoms with Gasteiger partial charge in [0.05, 0.1) is 12.7 Å². The summed E-state index contributed by atoms with van der Waals surface area (Å²) in [5, 5.41) is 2.86. The van der Waals surface area contributed by atoms with Crippen molar-refractivity contribution in [2.45, 2.75) is 37.8 Å². The second-order valence-electron chi connectivity index (χ2n) is 5.17. The summed E-state index contributed by atoms with van der Waals surface area (Å²) in [5.74, 6) is -0.0539. The quantitative estimate of drug-likeness (QED) is 0.782. The van der Waals surface area contributed by atoms with Crippen molar-refractivity contribution in [3.05, 3.63) is 24.0 Å². The van der Waals surface area contributed by atoms with Crippen molar-refractivity contribution < 1.29 is 9.53 Å². The van der Waals surface area contributed by atoms with Crippen LogP contribution >= 0.6 is 0 Å². The minimum Gasteiger partial charge on any atom is -0.376 e. The molecule has 19 heavy (non-hydrogen) atoms. The van der Waals surface area contributed by atoms with Crippen molar-refractivity contribution in [2.75, 3.05) is 13.2 Å². The van der Waals surface area contributed by atoms with Gasteiger partial charge in [-0.1, -0.05) is 0 Å². The Morgan fingerprint density at radius 2 is 2.21 bits per heavy atom. The van der Waals surface area contributed by atoms with Crippen LogP contribution in [0.25, 0.3) is 0 Å². The molecule has 1 aliphatic carbocycles. The van der Waals surface area contributed by atoms with Crippen LogP contribution in [0.3, 0.4) is 0 Å². The van der Waals surface area contributed by atoms with Gasteiger partial charge in [-0.15, -0.1) is 0 Å². The summed E-state index contributed by atoms with van der Waals surface area (Å²) in [6, 6.07) is 4.01. The molecule has 1 fully saturated rings. The van der Waals surface area contributed by atoms with Crippen molar-refractivity contribution in [1.29, 1.82) is 0 Å². The van der Waals surface area contributed by atoms with Crippen molar-refractivity contribution in [3.63, 3.8) is 0 Å². The van der Waals surface area contributed by atoms with Gasteiger partial charge < -0.3 is 20.4 Å². The highest BCUT2D eigenvalue weighted by molar-refractivity contribution is 5.92. The summed E-state index contributed by atoms with van der Waals surface area (Å²) in [6.45, 7) is 1.11. The van der Waals surface area contributed by atoms with Crippen LogP contribution in [0.15, 0.2) is 18.3 Å². The van der Waals surface area contributed by atoms with E-state index in [4.69, 9.17) is 10.5 Å². The average molecular weight is 265 g/mol. The number of nitrogens with two attached hydrogens (primary N) is 1. The van der Waals surface area contributed by atoms with E-state index in [0.29, 0.717) is 31.0 Å². The molecule has 2 rings (SSSR count). The fourth-order valence-electron chi connectivity index (χ4n) is 2.43. The maximum absolute atomic E-state index is 11.8. The van der Waals surface area contributed by atoms with Crippen molar-refractivity contribution in [1.82, 2.24) is 9.88 Å². The molecule has 1 aromatic rings. The summed E-state index contributed by atoms with van der Waals surface area (Å²) in [6.07, 6.45) is 6.32. The Hall–Kier alpha value is -1.33. The first-order valence-electron chi connectivity index (χ1n) is 6.93. The summed E-state index contributed by atoms with van der Waals surface area (Å²) in [4.78, 5) is 11.8. The van der Waals surface area contributed by atoms with E-state index in [2.05, 4.69) is 5.32 Å². The minimum atomic E-state index is -0.0539. The fourth-order valence-corrected chi connectivity index (χ4v) is 2.43. The smallest absolute Gasteiger partial charge is 0.267 e. The van der Waals surface area contributed by atoms with E-state index in [1.807, 2.05) is 19.3 Å². The summed E-state index contributed by atoms with van der Waals surface area (Å²) < 4.78 is 7.56. The van der Waals surface area contributed by atoms with Gasteiger partial charge in [-0.2, -0.15) is 0 Å². The van der Waals surface area contributed by atoms with Gasteiger partial charge in [0.1, 0.15) is 5.69 Å². The van der Waals surface area contributed by atoms with E-state index in [1.165, 1.54) is 0 Å². The molecule has 5 nitrogen and oxygen atoms in total. The summed E-state index contributed by atoms with van der Waals surface area (Å²) >= 11 is 0. The summed E-state index contributed by atoms with van der Waals surface area (Å²) in [7, 11) is 1.86. The van der Waals surface area contributed by atoms with E-state index in [-0.39, 0.29) is 5.91 Å². The zero-order valence-corrected chi connectivity index (χ0v) is 11.5. The molecule has 0 aromatic carbocycles. The van der Waals surface area contributed by atoms with Crippen LogP contribution in [0.5, 0.6) is 0 Å². The van der Waals surface area contributed by atoms with Gasteiger partial charge >= 0.3 is 0 Å². The molecule has 106 valence electrons. The van der Waals surface area contributed by atoms with Gasteiger partial charge in [-0.25, -0.2) is 0 Å². The number of nitrogens with zero attached hydrogens (tertiary/aromatic N) is 1. The highest BCUT2D eigenvalue weighted by Crippen LogP contribution is 2.19. The van der Waals surface area contributed by atoms with Gasteiger partial charge in [0.15, 0.2) is 0 Å². The molecule has 3 N–H and O–H groups in total. The third kappa shape index (κ3) is 4.08. The lowest BCUT2D eigenvalue weighted by molar-refractivity contribution is 0.0267. The van der Waals surface area contributed by atoms with E-state index in [1.54, 1.807) is 10.6 Å². The Kier molecular flexibility index (Phi) is 4.99. The highest BCUT2D eigenvalue weighted by Gasteiger charge is 2.18. The molecule has 0 unspecified atom stereocenters. The van der Waals surface area contributed by atoms with E-state index >= 15 is 0 Å². The monoisotopic (exact) mass is 265 g/mol. The topological polar surface area (TPSA) is 69.3 Å². The molecule has 1 heterocycles. The molecule has 0 atom stereocenters. The SMILES string of the molecule is Cn1cccc1C(=O)NCCOC1CCC(N)CC1. The Morgan fingerprint density at radius 1 is 1.47 bits per heavy atom. The maximum Gasteiger partial charge on any atom is 0.267 e. The molecule has 1 aliphatic rings. The lowest BCUT2D eigenvalue weighted by Gasteiger charge is -2.26. The normalized spacial score (nSPS) is 23.3. The maximum atomic E-state index is 11.8. The van der Waals surface area contributed by atoms with E-state index in [0.717, 1.165) is 25.7 Å². The molecule has 0 radical (unpaired) electrons. The minimum absolute atomic E-state index is 0.0539. The van der Waals surface area contributed by atoms with Crippen LogP contribution in [0.1, 0.15) is 36.2 Å². The number of carbonyl (C=O) groups excluding carboxylic acids is 1. The molecule has 1 amide bonds. The predicted octanol–water partition coefficient (Wildman–Crippen LogP) is 1.04. The Morgan fingerprint density at radius 3 is 2.84 bits per heavy atom. The Balaban J connectivity index is 1.62. The number of rotatable bonds is 5. The molecule has 0 saturated heterocycles. The van der Waals surface area contributed by atoms with E-state index in [9.17, 15) is 4.79 Å². The fraction of sp³-hybridized carbons (Fsp3) is 0.643. The molecule has 0 spiro atoms. The molecule has 1 saturated carbocycles. The molecule has 0 aliphatic heterocycles. The summed E-state index contributed by atoms with van der Waals surface area (Å²) in [5.41, 5.74) is 6.52. The number of ether oxygens (including phenoxy) is 1. The lowest BCUT2D eigenvalue weighted by Crippen LogP contribution is -2.33. The van der Waals surface area contributed by atoms with Crippen LogP contribution in [0.2, 0.25) is 0 Å². The van der Waals surface area contributed by atoms with Crippen LogP contribution in [-0.2, 0) is 11.8 Å². The largest absolute Gasteiger partial charge is 0.376 e. The second-order valence-corrected chi connectivity index (χ2v) is 5.17. The van der Waals surface area contributed by atoms with Gasteiger partial charge in [0, 0.05) is 25.8 Å². The highest BCUT2D eigenvalue weighted by atomic mass is 16.5. The number of aryl methyl sites for hydroxylation is 1. The molecular formula is C14H23N3O2. The predicted molar refractivity (Wildman–Crippen MR) is 73.9 cm³/mol. The standard InChI is InChI=1S/C14H23N3O2/c1-17-9-2-3-13(17)14(18)16-8-10-19-12-6-4-11(15)5-7-12/h2-3,9,11-12H,4-8,10,15H2,1H3,(H,16,18). The van der Waals surface area contributed by atoms with Gasteiger partial charge in [-0.05, 0) is 37.8 Å². The zero-order valence-electron chi connectivity index (χ0n) is 11.5. The number of aromatic nitrogens is 1.